The minimum Gasteiger partial charge on any atom is -0.456 e. The molecule has 0 atom stereocenters. The molecule has 1 N–H and O–H groups in total. The SMILES string of the molecule is COCCOCc1cc(C(=O)Nc2ccc(Oc3ccccc3)cn2)ccc1F.Cl. The summed E-state index contributed by atoms with van der Waals surface area (Å²) in [4.78, 5) is 16.6. The van der Waals surface area contributed by atoms with Gasteiger partial charge in [0.25, 0.3) is 5.91 Å². The minimum atomic E-state index is -0.431. The summed E-state index contributed by atoms with van der Waals surface area (Å²) in [6.07, 6.45) is 1.52. The van der Waals surface area contributed by atoms with Crippen LogP contribution in [0.25, 0.3) is 0 Å². The predicted molar refractivity (Wildman–Crippen MR) is 114 cm³/mol. The number of carbonyl (C=O) groups excluding carboxylic acids is 1. The standard InChI is InChI=1S/C22H21FN2O4.ClH/c1-27-11-12-28-15-17-13-16(7-9-20(17)23)22(26)25-21-10-8-19(14-24-21)29-18-5-3-2-4-6-18;/h2-10,13-14H,11-12,15H2,1H3,(H,24,25,26);1H. The molecular weight excluding hydrogens is 411 g/mol. The summed E-state index contributed by atoms with van der Waals surface area (Å²) in [6, 6.07) is 16.8. The molecule has 0 aliphatic carbocycles. The third-order valence-corrected chi connectivity index (χ3v) is 3.95. The van der Waals surface area contributed by atoms with E-state index in [2.05, 4.69) is 10.3 Å². The van der Waals surface area contributed by atoms with Gasteiger partial charge in [-0.05, 0) is 42.5 Å². The predicted octanol–water partition coefficient (Wildman–Crippen LogP) is 4.85. The van der Waals surface area contributed by atoms with Crippen LogP contribution in [0.4, 0.5) is 10.2 Å². The average molecular weight is 433 g/mol. The van der Waals surface area contributed by atoms with Gasteiger partial charge in [-0.3, -0.25) is 4.79 Å². The normalized spacial score (nSPS) is 10.2. The fourth-order valence-electron chi connectivity index (χ4n) is 2.48. The quantitative estimate of drug-likeness (QED) is 0.489. The Bertz CT molecular complexity index is 940. The highest BCUT2D eigenvalue weighted by Crippen LogP contribution is 2.21. The Labute approximate surface area is 180 Å². The minimum absolute atomic E-state index is 0. The maximum atomic E-state index is 13.9. The summed E-state index contributed by atoms with van der Waals surface area (Å²) in [6.45, 7) is 0.811. The molecular formula is C22H22ClFN2O4. The number of hydrogen-bond donors (Lipinski definition) is 1. The molecule has 1 aromatic heterocycles. The summed E-state index contributed by atoms with van der Waals surface area (Å²) in [5, 5.41) is 2.68. The number of pyridine rings is 1. The number of rotatable bonds is 9. The van der Waals surface area contributed by atoms with Gasteiger partial charge >= 0.3 is 0 Å². The van der Waals surface area contributed by atoms with Crippen molar-refractivity contribution in [1.82, 2.24) is 4.98 Å². The molecule has 6 nitrogen and oxygen atoms in total. The Balaban J connectivity index is 0.00000320. The van der Waals surface area contributed by atoms with Crippen molar-refractivity contribution in [3.63, 3.8) is 0 Å². The maximum Gasteiger partial charge on any atom is 0.256 e. The van der Waals surface area contributed by atoms with E-state index in [9.17, 15) is 9.18 Å². The van der Waals surface area contributed by atoms with Crippen molar-refractivity contribution in [1.29, 1.82) is 0 Å². The number of hydrogen-bond acceptors (Lipinski definition) is 5. The average Bonchev–Trinajstić information content (AvgIpc) is 2.74. The van der Waals surface area contributed by atoms with E-state index < -0.39 is 11.7 Å². The number of nitrogens with zero attached hydrogens (tertiary/aromatic N) is 1. The number of carbonyl (C=O) groups is 1. The van der Waals surface area contributed by atoms with Crippen LogP contribution in [-0.4, -0.2) is 31.2 Å². The van der Waals surface area contributed by atoms with Gasteiger partial charge < -0.3 is 19.5 Å². The van der Waals surface area contributed by atoms with Crippen LogP contribution in [0.3, 0.4) is 0 Å². The zero-order valence-electron chi connectivity index (χ0n) is 16.3. The molecule has 0 saturated carbocycles. The molecule has 0 fully saturated rings. The van der Waals surface area contributed by atoms with Crippen molar-refractivity contribution in [2.75, 3.05) is 25.6 Å². The number of benzene rings is 2. The topological polar surface area (TPSA) is 69.7 Å². The fraction of sp³-hybridized carbons (Fsp3) is 0.182. The van der Waals surface area contributed by atoms with Gasteiger partial charge in [-0.25, -0.2) is 9.37 Å². The summed E-state index contributed by atoms with van der Waals surface area (Å²) in [7, 11) is 1.56. The molecule has 0 unspecified atom stereocenters. The lowest BCUT2D eigenvalue weighted by molar-refractivity contribution is 0.0604. The Kier molecular flexibility index (Phi) is 9.21. The third-order valence-electron chi connectivity index (χ3n) is 3.95. The van der Waals surface area contributed by atoms with Crippen LogP contribution in [0.2, 0.25) is 0 Å². The van der Waals surface area contributed by atoms with E-state index in [1.54, 1.807) is 19.2 Å². The molecule has 30 heavy (non-hydrogen) atoms. The first-order valence-electron chi connectivity index (χ1n) is 9.01. The molecule has 0 bridgehead atoms. The first-order valence-corrected chi connectivity index (χ1v) is 9.01. The zero-order valence-corrected chi connectivity index (χ0v) is 17.2. The van der Waals surface area contributed by atoms with Crippen molar-refractivity contribution in [3.8, 4) is 11.5 Å². The number of halogens is 2. The van der Waals surface area contributed by atoms with Crippen LogP contribution in [0.1, 0.15) is 15.9 Å². The van der Waals surface area contributed by atoms with Crippen molar-refractivity contribution in [2.45, 2.75) is 6.61 Å². The fourth-order valence-corrected chi connectivity index (χ4v) is 2.48. The van der Waals surface area contributed by atoms with Crippen LogP contribution in [0, 0.1) is 5.82 Å². The van der Waals surface area contributed by atoms with Gasteiger partial charge in [-0.1, -0.05) is 18.2 Å². The largest absolute Gasteiger partial charge is 0.456 e. The molecule has 0 aliphatic heterocycles. The van der Waals surface area contributed by atoms with Crippen LogP contribution in [0.15, 0.2) is 66.9 Å². The van der Waals surface area contributed by atoms with Crippen LogP contribution < -0.4 is 10.1 Å². The van der Waals surface area contributed by atoms with Crippen molar-refractivity contribution >= 4 is 24.1 Å². The van der Waals surface area contributed by atoms with Crippen molar-refractivity contribution in [2.24, 2.45) is 0 Å². The molecule has 2 aromatic carbocycles. The van der Waals surface area contributed by atoms with E-state index >= 15 is 0 Å². The molecule has 3 aromatic rings. The zero-order chi connectivity index (χ0) is 20.5. The first kappa shape index (κ1) is 23.3. The molecule has 0 aliphatic rings. The molecule has 0 saturated heterocycles. The Morgan fingerprint density at radius 2 is 1.83 bits per heavy atom. The number of methoxy groups -OCH3 is 1. The molecule has 8 heteroatoms. The summed E-state index contributed by atoms with van der Waals surface area (Å²) < 4.78 is 29.8. The number of para-hydroxylation sites is 1. The number of amides is 1. The molecule has 0 spiro atoms. The van der Waals surface area contributed by atoms with E-state index in [4.69, 9.17) is 14.2 Å². The van der Waals surface area contributed by atoms with Gasteiger partial charge in [0.2, 0.25) is 0 Å². The molecule has 1 amide bonds. The van der Waals surface area contributed by atoms with E-state index in [1.807, 2.05) is 30.3 Å². The maximum absolute atomic E-state index is 13.9. The summed E-state index contributed by atoms with van der Waals surface area (Å²) in [5.74, 6) is 0.772. The van der Waals surface area contributed by atoms with Crippen LogP contribution in [-0.2, 0) is 16.1 Å². The van der Waals surface area contributed by atoms with Gasteiger partial charge in [0.05, 0.1) is 26.0 Å². The molecule has 3 rings (SSSR count). The van der Waals surface area contributed by atoms with Crippen LogP contribution in [0.5, 0.6) is 11.5 Å². The van der Waals surface area contributed by atoms with Crippen molar-refractivity contribution in [3.05, 3.63) is 83.8 Å². The molecule has 0 radical (unpaired) electrons. The van der Waals surface area contributed by atoms with Gasteiger partial charge in [-0.2, -0.15) is 0 Å². The lowest BCUT2D eigenvalue weighted by Crippen LogP contribution is -2.14. The second kappa shape index (κ2) is 11.9. The second-order valence-electron chi connectivity index (χ2n) is 6.10. The van der Waals surface area contributed by atoms with Crippen LogP contribution >= 0.6 is 12.4 Å². The van der Waals surface area contributed by atoms with E-state index in [1.165, 1.54) is 24.4 Å². The number of ether oxygens (including phenoxy) is 3. The second-order valence-corrected chi connectivity index (χ2v) is 6.10. The first-order chi connectivity index (χ1) is 14.2. The Morgan fingerprint density at radius 3 is 2.53 bits per heavy atom. The molecule has 158 valence electrons. The van der Waals surface area contributed by atoms with E-state index in [0.29, 0.717) is 41.7 Å². The van der Waals surface area contributed by atoms with Gasteiger partial charge in [0.1, 0.15) is 23.1 Å². The third kappa shape index (κ3) is 6.81. The lowest BCUT2D eigenvalue weighted by Gasteiger charge is -2.09. The number of nitrogens with one attached hydrogen (secondary N) is 1. The highest BCUT2D eigenvalue weighted by atomic mass is 35.5. The smallest absolute Gasteiger partial charge is 0.256 e. The monoisotopic (exact) mass is 432 g/mol. The Hall–Kier alpha value is -3.00. The van der Waals surface area contributed by atoms with Gasteiger partial charge in [-0.15, -0.1) is 12.4 Å². The summed E-state index contributed by atoms with van der Waals surface area (Å²) in [5.41, 5.74) is 0.608. The van der Waals surface area contributed by atoms with Gasteiger partial charge in [0.15, 0.2) is 0 Å². The molecule has 1 heterocycles. The summed E-state index contributed by atoms with van der Waals surface area (Å²) >= 11 is 0. The number of anilines is 1. The van der Waals surface area contributed by atoms with Gasteiger partial charge in [0, 0.05) is 18.2 Å². The van der Waals surface area contributed by atoms with E-state index in [-0.39, 0.29) is 19.0 Å². The Morgan fingerprint density at radius 1 is 1.03 bits per heavy atom. The lowest BCUT2D eigenvalue weighted by atomic mass is 10.1. The number of aromatic nitrogens is 1. The van der Waals surface area contributed by atoms with E-state index in [0.717, 1.165) is 0 Å². The highest BCUT2D eigenvalue weighted by molar-refractivity contribution is 6.03. The highest BCUT2D eigenvalue weighted by Gasteiger charge is 2.11. The van der Waals surface area contributed by atoms with Crippen molar-refractivity contribution < 1.29 is 23.4 Å².